The molecule has 0 aromatic heterocycles. The Kier molecular flexibility index (Phi) is 59.5. The Labute approximate surface area is 262 Å². The Bertz CT molecular complexity index is 611. The van der Waals surface area contributed by atoms with Crippen LogP contribution in [0.5, 0.6) is 0 Å². The van der Waals surface area contributed by atoms with Crippen LogP contribution in [-0.4, -0.2) is 0 Å². The third kappa shape index (κ3) is 85.5. The first-order valence-corrected chi connectivity index (χ1v) is 16.5. The summed E-state index contributed by atoms with van der Waals surface area (Å²) in [7, 11) is 0. The van der Waals surface area contributed by atoms with Crippen LogP contribution in [0.4, 0.5) is 0 Å². The second kappa shape index (κ2) is 47.4. The van der Waals surface area contributed by atoms with Crippen molar-refractivity contribution in [2.24, 2.45) is 23.7 Å². The first-order chi connectivity index (χ1) is 19.4. The predicted octanol–water partition coefficient (Wildman–Crippen LogP) is 14.7. The minimum atomic E-state index is 0.833. The fourth-order valence-electron chi connectivity index (χ4n) is 1.81. The van der Waals surface area contributed by atoms with Crippen LogP contribution in [-0.2, 0) is 6.42 Å². The molecule has 0 heteroatoms. The van der Waals surface area contributed by atoms with Gasteiger partial charge >= 0.3 is 0 Å². The van der Waals surface area contributed by atoms with Crippen LogP contribution in [0.15, 0.2) is 97.1 Å². The highest BCUT2D eigenvalue weighted by Gasteiger charge is 1.92. The number of rotatable bonds is 2. The molecule has 0 fully saturated rings. The molecule has 0 heterocycles. The topological polar surface area (TPSA) is 0 Å². The van der Waals surface area contributed by atoms with Crippen LogP contribution in [0.1, 0.15) is 136 Å². The van der Waals surface area contributed by atoms with Crippen LogP contribution < -0.4 is 0 Å². The Morgan fingerprint density at radius 3 is 0.561 bits per heavy atom. The lowest BCUT2D eigenvalue weighted by Crippen LogP contribution is -1.85. The van der Waals surface area contributed by atoms with E-state index in [1.54, 1.807) is 0 Å². The van der Waals surface area contributed by atoms with Crippen molar-refractivity contribution in [3.63, 3.8) is 0 Å². The third-order valence-corrected chi connectivity index (χ3v) is 2.76. The number of benzene rings is 3. The standard InChI is InChI=1S/C13H12.C6H6.4C4H10.3C2H6/c1-3-7-12(8-4-1)11-13-9-5-2-6-10-13;1-2-4-6-5-3-1;4*1-4(2)3;3*1-2/h1-10H,11H2;1-6H;4*4H,1-3H3;3*1-2H3. The molecule has 41 heavy (non-hydrogen) atoms. The van der Waals surface area contributed by atoms with Crippen molar-refractivity contribution in [2.75, 3.05) is 0 Å². The molecule has 0 nitrogen and oxygen atoms in total. The molecule has 0 aliphatic rings. The first kappa shape index (κ1) is 51.4. The summed E-state index contributed by atoms with van der Waals surface area (Å²) >= 11 is 0. The molecule has 0 amide bonds. The predicted molar refractivity (Wildman–Crippen MR) is 198 cm³/mol. The second-order valence-electron chi connectivity index (χ2n) is 11.2. The Hall–Kier alpha value is -2.34. The van der Waals surface area contributed by atoms with Gasteiger partial charge in [-0.3, -0.25) is 0 Å². The van der Waals surface area contributed by atoms with Crippen molar-refractivity contribution in [1.29, 1.82) is 0 Å². The normalized spacial score (nSPS) is 8.24. The molecule has 0 aliphatic carbocycles. The van der Waals surface area contributed by atoms with Crippen LogP contribution in [0, 0.1) is 23.7 Å². The van der Waals surface area contributed by atoms with E-state index in [-0.39, 0.29) is 0 Å². The lowest BCUT2D eigenvalue weighted by Gasteiger charge is -2.00. The summed E-state index contributed by atoms with van der Waals surface area (Å²) < 4.78 is 0. The van der Waals surface area contributed by atoms with Gasteiger partial charge in [0.1, 0.15) is 0 Å². The minimum absolute atomic E-state index is 0.833. The van der Waals surface area contributed by atoms with Crippen molar-refractivity contribution in [3.8, 4) is 0 Å². The first-order valence-electron chi connectivity index (χ1n) is 16.5. The van der Waals surface area contributed by atoms with Crippen molar-refractivity contribution in [3.05, 3.63) is 108 Å². The minimum Gasteiger partial charge on any atom is -0.0683 e. The lowest BCUT2D eigenvalue weighted by molar-refractivity contribution is 0.736. The zero-order valence-electron chi connectivity index (χ0n) is 31.3. The quantitative estimate of drug-likeness (QED) is 0.288. The molecule has 3 rings (SSSR count). The Morgan fingerprint density at radius 1 is 0.293 bits per heavy atom. The molecule has 0 saturated heterocycles. The van der Waals surface area contributed by atoms with E-state index in [0.29, 0.717) is 0 Å². The molecular formula is C41H76. The smallest absolute Gasteiger partial charge is 0.00258 e. The van der Waals surface area contributed by atoms with Gasteiger partial charge in [0.2, 0.25) is 0 Å². The monoisotopic (exact) mass is 569 g/mol. The Morgan fingerprint density at radius 2 is 0.415 bits per heavy atom. The average Bonchev–Trinajstić information content (AvgIpc) is 2.93. The van der Waals surface area contributed by atoms with Crippen molar-refractivity contribution in [2.45, 2.75) is 131 Å². The van der Waals surface area contributed by atoms with E-state index in [1.165, 1.54) is 11.1 Å². The summed E-state index contributed by atoms with van der Waals surface area (Å²) in [4.78, 5) is 0. The summed E-state index contributed by atoms with van der Waals surface area (Å²) in [5.74, 6) is 3.33. The molecule has 0 atom stereocenters. The van der Waals surface area contributed by atoms with Gasteiger partial charge in [-0.2, -0.15) is 0 Å². The molecule has 0 radical (unpaired) electrons. The van der Waals surface area contributed by atoms with E-state index in [1.807, 2.05) is 77.9 Å². The molecule has 0 aliphatic heterocycles. The fraction of sp³-hybridized carbons (Fsp3) is 0.561. The van der Waals surface area contributed by atoms with Gasteiger partial charge in [-0.15, -0.1) is 0 Å². The maximum atomic E-state index is 2.17. The zero-order chi connectivity index (χ0) is 33.5. The van der Waals surface area contributed by atoms with Gasteiger partial charge < -0.3 is 0 Å². The second-order valence-corrected chi connectivity index (χ2v) is 11.2. The highest BCUT2D eigenvalue weighted by atomic mass is 14.0. The summed E-state index contributed by atoms with van der Waals surface area (Å²) in [6, 6.07) is 33.1. The van der Waals surface area contributed by atoms with Crippen LogP contribution in [0.25, 0.3) is 0 Å². The summed E-state index contributed by atoms with van der Waals surface area (Å²) in [6.45, 7) is 38.0. The molecule has 0 unspecified atom stereocenters. The third-order valence-electron chi connectivity index (χ3n) is 2.76. The highest BCUT2D eigenvalue weighted by molar-refractivity contribution is 5.25. The van der Waals surface area contributed by atoms with Crippen molar-refractivity contribution in [1.82, 2.24) is 0 Å². The van der Waals surface area contributed by atoms with Gasteiger partial charge in [0.05, 0.1) is 0 Å². The summed E-state index contributed by atoms with van der Waals surface area (Å²) in [5, 5.41) is 0. The van der Waals surface area contributed by atoms with E-state index < -0.39 is 0 Å². The van der Waals surface area contributed by atoms with Gasteiger partial charge in [0.25, 0.3) is 0 Å². The molecule has 0 N–H and O–H groups in total. The van der Waals surface area contributed by atoms with Crippen LogP contribution in [0.2, 0.25) is 0 Å². The van der Waals surface area contributed by atoms with Crippen molar-refractivity contribution < 1.29 is 0 Å². The van der Waals surface area contributed by atoms with Gasteiger partial charge in [-0.25, -0.2) is 0 Å². The SMILES string of the molecule is CC.CC.CC.CC(C)C.CC(C)C.CC(C)C.CC(C)C.c1ccc(Cc2ccccc2)cc1.c1ccccc1. The molecular weight excluding hydrogens is 492 g/mol. The maximum absolute atomic E-state index is 2.17. The summed E-state index contributed by atoms with van der Waals surface area (Å²) in [5.41, 5.74) is 2.74. The van der Waals surface area contributed by atoms with E-state index in [9.17, 15) is 0 Å². The van der Waals surface area contributed by atoms with E-state index in [4.69, 9.17) is 0 Å². The highest BCUT2D eigenvalue weighted by Crippen LogP contribution is 2.07. The van der Waals surface area contributed by atoms with E-state index >= 15 is 0 Å². The van der Waals surface area contributed by atoms with E-state index in [0.717, 1.165) is 30.1 Å². The van der Waals surface area contributed by atoms with Gasteiger partial charge in [-0.1, -0.05) is 222 Å². The number of hydrogen-bond acceptors (Lipinski definition) is 0. The van der Waals surface area contributed by atoms with Gasteiger partial charge in [0.15, 0.2) is 0 Å². The average molecular weight is 569 g/mol. The molecule has 3 aromatic carbocycles. The van der Waals surface area contributed by atoms with Crippen LogP contribution in [0.3, 0.4) is 0 Å². The lowest BCUT2D eigenvalue weighted by atomic mass is 10.1. The van der Waals surface area contributed by atoms with Gasteiger partial charge in [-0.05, 0) is 41.2 Å². The Balaban J connectivity index is -0.0000000939. The molecule has 240 valence electrons. The summed E-state index contributed by atoms with van der Waals surface area (Å²) in [6.07, 6.45) is 1.03. The maximum Gasteiger partial charge on any atom is -0.00258 e. The molecule has 0 saturated carbocycles. The van der Waals surface area contributed by atoms with E-state index in [2.05, 4.69) is 144 Å². The largest absolute Gasteiger partial charge is 0.0683 e. The molecule has 0 bridgehead atoms. The number of hydrogen-bond donors (Lipinski definition) is 0. The fourth-order valence-corrected chi connectivity index (χ4v) is 1.81. The molecule has 3 aromatic rings. The molecule has 0 spiro atoms. The van der Waals surface area contributed by atoms with Gasteiger partial charge in [0, 0.05) is 0 Å². The zero-order valence-corrected chi connectivity index (χ0v) is 31.3. The van der Waals surface area contributed by atoms with Crippen molar-refractivity contribution >= 4 is 0 Å². The van der Waals surface area contributed by atoms with Crippen LogP contribution >= 0.6 is 0 Å².